The SMILES string of the molecule is CCc1cc(Cl)c(OC)c(N2CCN(C[C@@H](F)CCN)CC2)c1. The lowest BCUT2D eigenvalue weighted by molar-refractivity contribution is 0.177. The van der Waals surface area contributed by atoms with Crippen LogP contribution in [0.15, 0.2) is 12.1 Å². The van der Waals surface area contributed by atoms with Crippen molar-refractivity contribution in [3.8, 4) is 5.75 Å². The quantitative estimate of drug-likeness (QED) is 0.826. The number of hydrogen-bond acceptors (Lipinski definition) is 4. The summed E-state index contributed by atoms with van der Waals surface area (Å²) in [7, 11) is 1.65. The topological polar surface area (TPSA) is 41.7 Å². The number of halogens is 2. The lowest BCUT2D eigenvalue weighted by Crippen LogP contribution is -2.48. The molecule has 23 heavy (non-hydrogen) atoms. The standard InChI is InChI=1S/C17H27ClFN3O/c1-3-13-10-15(18)17(23-2)16(11-13)22-8-6-21(7-9-22)12-14(19)4-5-20/h10-11,14H,3-9,12,20H2,1-2H3/t14-/m0/s1. The monoisotopic (exact) mass is 343 g/mol. The number of aryl methyl sites for hydroxylation is 1. The summed E-state index contributed by atoms with van der Waals surface area (Å²) in [5.41, 5.74) is 7.64. The zero-order valence-corrected chi connectivity index (χ0v) is 14.8. The van der Waals surface area contributed by atoms with Gasteiger partial charge in [-0.05, 0) is 37.1 Å². The van der Waals surface area contributed by atoms with Crippen molar-refractivity contribution in [1.29, 1.82) is 0 Å². The number of piperazine rings is 1. The van der Waals surface area contributed by atoms with Crippen LogP contribution in [0, 0.1) is 0 Å². The lowest BCUT2D eigenvalue weighted by Gasteiger charge is -2.37. The molecule has 0 radical (unpaired) electrons. The highest BCUT2D eigenvalue weighted by atomic mass is 35.5. The summed E-state index contributed by atoms with van der Waals surface area (Å²) in [5, 5.41) is 0.649. The molecule has 2 rings (SSSR count). The van der Waals surface area contributed by atoms with Crippen molar-refractivity contribution in [2.75, 3.05) is 51.3 Å². The first-order chi connectivity index (χ1) is 11.1. The second-order valence-corrected chi connectivity index (χ2v) is 6.35. The normalized spacial score (nSPS) is 17.3. The molecule has 1 aromatic rings. The van der Waals surface area contributed by atoms with Crippen LogP contribution in [-0.4, -0.2) is 57.4 Å². The number of nitrogens with zero attached hydrogens (tertiary/aromatic N) is 2. The van der Waals surface area contributed by atoms with Gasteiger partial charge in [-0.25, -0.2) is 4.39 Å². The fourth-order valence-electron chi connectivity index (χ4n) is 3.00. The number of rotatable bonds is 7. The first-order valence-corrected chi connectivity index (χ1v) is 8.64. The summed E-state index contributed by atoms with van der Waals surface area (Å²) >= 11 is 6.34. The molecule has 1 aliphatic rings. The van der Waals surface area contributed by atoms with Crippen LogP contribution in [0.25, 0.3) is 0 Å². The molecule has 1 aliphatic heterocycles. The average Bonchev–Trinajstić information content (AvgIpc) is 2.55. The number of anilines is 1. The molecule has 1 saturated heterocycles. The van der Waals surface area contributed by atoms with Crippen molar-refractivity contribution in [2.45, 2.75) is 25.9 Å². The van der Waals surface area contributed by atoms with Gasteiger partial charge in [0.1, 0.15) is 6.17 Å². The number of ether oxygens (including phenoxy) is 1. The van der Waals surface area contributed by atoms with Crippen LogP contribution < -0.4 is 15.4 Å². The van der Waals surface area contributed by atoms with Crippen molar-refractivity contribution >= 4 is 17.3 Å². The highest BCUT2D eigenvalue weighted by molar-refractivity contribution is 6.32. The molecule has 0 aromatic heterocycles. The average molecular weight is 344 g/mol. The van der Waals surface area contributed by atoms with Crippen molar-refractivity contribution in [3.63, 3.8) is 0 Å². The first-order valence-electron chi connectivity index (χ1n) is 8.26. The van der Waals surface area contributed by atoms with E-state index in [-0.39, 0.29) is 0 Å². The Morgan fingerprint density at radius 2 is 2.00 bits per heavy atom. The fourth-order valence-corrected chi connectivity index (χ4v) is 3.31. The van der Waals surface area contributed by atoms with Crippen molar-refractivity contribution in [3.05, 3.63) is 22.7 Å². The van der Waals surface area contributed by atoms with E-state index in [0.29, 0.717) is 24.5 Å². The molecule has 0 amide bonds. The van der Waals surface area contributed by atoms with Gasteiger partial charge in [0.25, 0.3) is 0 Å². The van der Waals surface area contributed by atoms with Crippen LogP contribution >= 0.6 is 11.6 Å². The van der Waals surface area contributed by atoms with E-state index in [1.165, 1.54) is 5.56 Å². The number of benzene rings is 1. The molecule has 0 spiro atoms. The summed E-state index contributed by atoms with van der Waals surface area (Å²) in [6.45, 7) is 6.34. The molecule has 2 N–H and O–H groups in total. The minimum Gasteiger partial charge on any atom is -0.493 e. The Kier molecular flexibility index (Phi) is 6.93. The highest BCUT2D eigenvalue weighted by Gasteiger charge is 2.23. The summed E-state index contributed by atoms with van der Waals surface area (Å²) in [6.07, 6.45) is 0.528. The van der Waals surface area contributed by atoms with Crippen LogP contribution in [0.5, 0.6) is 5.75 Å². The Balaban J connectivity index is 2.03. The van der Waals surface area contributed by atoms with Gasteiger partial charge < -0.3 is 15.4 Å². The van der Waals surface area contributed by atoms with Crippen LogP contribution in [0.3, 0.4) is 0 Å². The third-order valence-corrected chi connectivity index (χ3v) is 4.63. The molecule has 1 atom stereocenters. The van der Waals surface area contributed by atoms with Crippen molar-refractivity contribution in [2.24, 2.45) is 5.73 Å². The van der Waals surface area contributed by atoms with E-state index in [4.69, 9.17) is 22.1 Å². The number of nitrogens with two attached hydrogens (primary N) is 1. The van der Waals surface area contributed by atoms with Crippen molar-refractivity contribution in [1.82, 2.24) is 4.90 Å². The molecule has 0 bridgehead atoms. The first kappa shape index (κ1) is 18.3. The summed E-state index contributed by atoms with van der Waals surface area (Å²) in [6, 6.07) is 4.10. The van der Waals surface area contributed by atoms with Gasteiger partial charge >= 0.3 is 0 Å². The highest BCUT2D eigenvalue weighted by Crippen LogP contribution is 2.37. The Morgan fingerprint density at radius 3 is 2.57 bits per heavy atom. The predicted molar refractivity (Wildman–Crippen MR) is 94.6 cm³/mol. The Labute approximate surface area is 143 Å². The molecule has 0 aliphatic carbocycles. The van der Waals surface area contributed by atoms with E-state index in [1.54, 1.807) is 7.11 Å². The van der Waals surface area contributed by atoms with Gasteiger partial charge in [0.05, 0.1) is 17.8 Å². The third-order valence-electron chi connectivity index (χ3n) is 4.35. The lowest BCUT2D eigenvalue weighted by atomic mass is 10.1. The maximum Gasteiger partial charge on any atom is 0.160 e. The summed E-state index contributed by atoms with van der Waals surface area (Å²) < 4.78 is 19.2. The minimum atomic E-state index is -0.834. The van der Waals surface area contributed by atoms with Crippen LogP contribution in [0.4, 0.5) is 10.1 Å². The number of methoxy groups -OCH3 is 1. The van der Waals surface area contributed by atoms with E-state index in [0.717, 1.165) is 44.0 Å². The molecule has 0 unspecified atom stereocenters. The largest absolute Gasteiger partial charge is 0.493 e. The van der Waals surface area contributed by atoms with Gasteiger partial charge in [-0.3, -0.25) is 4.90 Å². The molecule has 1 heterocycles. The van der Waals surface area contributed by atoms with Crippen LogP contribution in [0.2, 0.25) is 5.02 Å². The molecule has 1 fully saturated rings. The molecular formula is C17H27ClFN3O. The summed E-state index contributed by atoms with van der Waals surface area (Å²) in [5.74, 6) is 0.726. The van der Waals surface area contributed by atoms with Gasteiger partial charge in [0, 0.05) is 32.7 Å². The molecule has 6 heteroatoms. The second kappa shape index (κ2) is 8.71. The van der Waals surface area contributed by atoms with Gasteiger partial charge in [0.15, 0.2) is 5.75 Å². The van der Waals surface area contributed by atoms with E-state index in [9.17, 15) is 4.39 Å². The molecule has 4 nitrogen and oxygen atoms in total. The zero-order chi connectivity index (χ0) is 16.8. The van der Waals surface area contributed by atoms with E-state index < -0.39 is 6.17 Å². The van der Waals surface area contributed by atoms with Gasteiger partial charge in [-0.15, -0.1) is 0 Å². The minimum absolute atomic E-state index is 0.403. The van der Waals surface area contributed by atoms with E-state index >= 15 is 0 Å². The zero-order valence-electron chi connectivity index (χ0n) is 14.0. The smallest absolute Gasteiger partial charge is 0.160 e. The van der Waals surface area contributed by atoms with Crippen LogP contribution in [0.1, 0.15) is 18.9 Å². The van der Waals surface area contributed by atoms with Gasteiger partial charge in [-0.1, -0.05) is 18.5 Å². The summed E-state index contributed by atoms with van der Waals surface area (Å²) in [4.78, 5) is 4.44. The fraction of sp³-hybridized carbons (Fsp3) is 0.647. The maximum absolute atomic E-state index is 13.7. The van der Waals surface area contributed by atoms with Crippen molar-refractivity contribution < 1.29 is 9.13 Å². The molecule has 1 aromatic carbocycles. The van der Waals surface area contributed by atoms with Crippen LogP contribution in [-0.2, 0) is 6.42 Å². The molecule has 130 valence electrons. The Bertz CT molecular complexity index is 507. The van der Waals surface area contributed by atoms with Gasteiger partial charge in [0.2, 0.25) is 0 Å². The second-order valence-electron chi connectivity index (χ2n) is 5.95. The number of hydrogen-bond donors (Lipinski definition) is 1. The molecule has 0 saturated carbocycles. The predicted octanol–water partition coefficient (Wildman–Crippen LogP) is 2.72. The van der Waals surface area contributed by atoms with Gasteiger partial charge in [-0.2, -0.15) is 0 Å². The Hall–Kier alpha value is -1.04. The molecular weight excluding hydrogens is 317 g/mol. The maximum atomic E-state index is 13.7. The Morgan fingerprint density at radius 1 is 1.30 bits per heavy atom. The van der Waals surface area contributed by atoms with E-state index in [1.807, 2.05) is 6.07 Å². The van der Waals surface area contributed by atoms with E-state index in [2.05, 4.69) is 22.8 Å². The third kappa shape index (κ3) is 4.72. The number of alkyl halides is 1.